The highest BCUT2D eigenvalue weighted by Crippen LogP contribution is 2.11. The first-order valence-electron chi connectivity index (χ1n) is 4.87. The Morgan fingerprint density at radius 2 is 2.13 bits per heavy atom. The van der Waals surface area contributed by atoms with Gasteiger partial charge in [0.05, 0.1) is 12.2 Å². The molecule has 1 N–H and O–H groups in total. The van der Waals surface area contributed by atoms with E-state index in [0.717, 1.165) is 0 Å². The van der Waals surface area contributed by atoms with E-state index in [1.165, 1.54) is 6.07 Å². The van der Waals surface area contributed by atoms with Crippen LogP contribution in [-0.4, -0.2) is 30.9 Å². The first-order valence-corrected chi connectivity index (χ1v) is 4.87. The van der Waals surface area contributed by atoms with Gasteiger partial charge in [-0.05, 0) is 19.1 Å². The number of carbonyl (C=O) groups excluding carboxylic acids is 1. The molecule has 1 aromatic rings. The van der Waals surface area contributed by atoms with Crippen LogP contribution in [0.15, 0.2) is 24.3 Å². The van der Waals surface area contributed by atoms with Crippen LogP contribution >= 0.6 is 0 Å². The van der Waals surface area contributed by atoms with E-state index in [0.29, 0.717) is 12.2 Å². The topological polar surface area (TPSA) is 32.3 Å². The van der Waals surface area contributed by atoms with E-state index in [-0.39, 0.29) is 18.3 Å². The number of benzene rings is 1. The normalized spacial score (nSPS) is 9.80. The Kier molecular flexibility index (Phi) is 4.09. The lowest BCUT2D eigenvalue weighted by Gasteiger charge is -2.15. The van der Waals surface area contributed by atoms with Gasteiger partial charge < -0.3 is 10.2 Å². The molecule has 82 valence electrons. The van der Waals surface area contributed by atoms with Gasteiger partial charge in [0.25, 0.3) is 0 Å². The molecule has 4 heteroatoms. The Morgan fingerprint density at radius 3 is 2.73 bits per heavy atom. The van der Waals surface area contributed by atoms with Crippen molar-refractivity contribution < 1.29 is 9.18 Å². The molecule has 0 atom stereocenters. The molecular weight excluding hydrogens is 195 g/mol. The zero-order valence-corrected chi connectivity index (χ0v) is 8.96. The largest absolute Gasteiger partial charge is 0.374 e. The van der Waals surface area contributed by atoms with Gasteiger partial charge in [-0.1, -0.05) is 12.1 Å². The van der Waals surface area contributed by atoms with Crippen LogP contribution < -0.4 is 5.32 Å². The van der Waals surface area contributed by atoms with Gasteiger partial charge in [0, 0.05) is 13.6 Å². The van der Waals surface area contributed by atoms with Crippen molar-refractivity contribution in [2.45, 2.75) is 6.92 Å². The molecule has 0 aliphatic carbocycles. The Hall–Kier alpha value is -1.58. The molecule has 0 heterocycles. The molecule has 1 aromatic carbocycles. The summed E-state index contributed by atoms with van der Waals surface area (Å²) in [5.41, 5.74) is 0.357. The third kappa shape index (κ3) is 3.23. The van der Waals surface area contributed by atoms with Crippen molar-refractivity contribution >= 4 is 11.6 Å². The van der Waals surface area contributed by atoms with Crippen LogP contribution in [0.5, 0.6) is 0 Å². The quantitative estimate of drug-likeness (QED) is 0.820. The summed E-state index contributed by atoms with van der Waals surface area (Å²) in [4.78, 5) is 13.0. The fourth-order valence-corrected chi connectivity index (χ4v) is 1.09. The zero-order chi connectivity index (χ0) is 11.3. The summed E-state index contributed by atoms with van der Waals surface area (Å²) in [6.07, 6.45) is 0. The summed E-state index contributed by atoms with van der Waals surface area (Å²) in [6, 6.07) is 6.30. The number of hydrogen-bond acceptors (Lipinski definition) is 2. The maximum absolute atomic E-state index is 13.1. The summed E-state index contributed by atoms with van der Waals surface area (Å²) >= 11 is 0. The minimum Gasteiger partial charge on any atom is -0.374 e. The van der Waals surface area contributed by atoms with Crippen molar-refractivity contribution in [3.8, 4) is 0 Å². The van der Waals surface area contributed by atoms with Crippen LogP contribution in [0.3, 0.4) is 0 Å². The highest BCUT2D eigenvalue weighted by molar-refractivity contribution is 5.80. The fraction of sp³-hybridized carbons (Fsp3) is 0.364. The van der Waals surface area contributed by atoms with Gasteiger partial charge in [0.1, 0.15) is 5.82 Å². The van der Waals surface area contributed by atoms with Crippen molar-refractivity contribution in [1.82, 2.24) is 4.90 Å². The molecule has 0 aromatic heterocycles. The summed E-state index contributed by atoms with van der Waals surface area (Å²) in [6.45, 7) is 2.66. The first-order chi connectivity index (χ1) is 7.15. The number of anilines is 1. The van der Waals surface area contributed by atoms with Crippen LogP contribution in [0.2, 0.25) is 0 Å². The van der Waals surface area contributed by atoms with E-state index in [4.69, 9.17) is 0 Å². The van der Waals surface area contributed by atoms with E-state index in [1.807, 2.05) is 6.92 Å². The number of nitrogens with one attached hydrogen (secondary N) is 1. The van der Waals surface area contributed by atoms with Gasteiger partial charge in [-0.15, -0.1) is 0 Å². The standard InChI is InChI=1S/C11H15FN2O/c1-3-14(2)11(15)8-13-10-7-5-4-6-9(10)12/h4-7,13H,3,8H2,1-2H3. The molecule has 3 nitrogen and oxygen atoms in total. The summed E-state index contributed by atoms with van der Waals surface area (Å²) in [7, 11) is 1.71. The Labute approximate surface area is 88.9 Å². The summed E-state index contributed by atoms with van der Waals surface area (Å²) < 4.78 is 13.1. The maximum atomic E-state index is 13.1. The van der Waals surface area contributed by atoms with Crippen molar-refractivity contribution in [3.05, 3.63) is 30.1 Å². The van der Waals surface area contributed by atoms with Gasteiger partial charge in [0.2, 0.25) is 5.91 Å². The lowest BCUT2D eigenvalue weighted by Crippen LogP contribution is -2.32. The van der Waals surface area contributed by atoms with Crippen molar-refractivity contribution in [3.63, 3.8) is 0 Å². The van der Waals surface area contributed by atoms with E-state index in [1.54, 1.807) is 30.1 Å². The van der Waals surface area contributed by atoms with Crippen molar-refractivity contribution in [1.29, 1.82) is 0 Å². The number of amides is 1. The zero-order valence-electron chi connectivity index (χ0n) is 8.96. The number of nitrogens with zero attached hydrogens (tertiary/aromatic N) is 1. The molecule has 15 heavy (non-hydrogen) atoms. The number of para-hydroxylation sites is 1. The number of hydrogen-bond donors (Lipinski definition) is 1. The van der Waals surface area contributed by atoms with Crippen LogP contribution in [0, 0.1) is 5.82 Å². The van der Waals surface area contributed by atoms with Gasteiger partial charge in [-0.2, -0.15) is 0 Å². The molecule has 0 unspecified atom stereocenters. The van der Waals surface area contributed by atoms with Crippen LogP contribution in [0.1, 0.15) is 6.92 Å². The molecule has 0 spiro atoms. The minimum absolute atomic E-state index is 0.0549. The molecule has 0 saturated carbocycles. The third-order valence-electron chi connectivity index (χ3n) is 2.20. The predicted octanol–water partition coefficient (Wildman–Crippen LogP) is 1.72. The Morgan fingerprint density at radius 1 is 1.47 bits per heavy atom. The van der Waals surface area contributed by atoms with Crippen LogP contribution in [-0.2, 0) is 4.79 Å². The van der Waals surface area contributed by atoms with Gasteiger partial charge in [-0.25, -0.2) is 4.39 Å². The highest BCUT2D eigenvalue weighted by atomic mass is 19.1. The number of rotatable bonds is 4. The average Bonchev–Trinajstić information content (AvgIpc) is 2.26. The molecule has 0 bridgehead atoms. The van der Waals surface area contributed by atoms with Crippen molar-refractivity contribution in [2.75, 3.05) is 25.5 Å². The fourth-order valence-electron chi connectivity index (χ4n) is 1.09. The van der Waals surface area contributed by atoms with Gasteiger partial charge in [0.15, 0.2) is 0 Å². The predicted molar refractivity (Wildman–Crippen MR) is 58.2 cm³/mol. The van der Waals surface area contributed by atoms with E-state index < -0.39 is 0 Å². The molecular formula is C11H15FN2O. The van der Waals surface area contributed by atoms with Gasteiger partial charge in [-0.3, -0.25) is 4.79 Å². The number of carbonyl (C=O) groups is 1. The second kappa shape index (κ2) is 5.34. The van der Waals surface area contributed by atoms with Crippen LogP contribution in [0.4, 0.5) is 10.1 Å². The van der Waals surface area contributed by atoms with E-state index >= 15 is 0 Å². The molecule has 1 amide bonds. The molecule has 0 fully saturated rings. The monoisotopic (exact) mass is 210 g/mol. The first kappa shape index (κ1) is 11.5. The Bertz CT molecular complexity index is 341. The average molecular weight is 210 g/mol. The highest BCUT2D eigenvalue weighted by Gasteiger charge is 2.07. The van der Waals surface area contributed by atoms with Gasteiger partial charge >= 0.3 is 0 Å². The Balaban J connectivity index is 2.51. The molecule has 1 rings (SSSR count). The SMILES string of the molecule is CCN(C)C(=O)CNc1ccccc1F. The molecule has 0 saturated heterocycles. The maximum Gasteiger partial charge on any atom is 0.241 e. The van der Waals surface area contributed by atoms with E-state index in [9.17, 15) is 9.18 Å². The minimum atomic E-state index is -0.343. The van der Waals surface area contributed by atoms with Crippen molar-refractivity contribution in [2.24, 2.45) is 0 Å². The second-order valence-electron chi connectivity index (χ2n) is 3.24. The smallest absolute Gasteiger partial charge is 0.241 e. The third-order valence-corrected chi connectivity index (χ3v) is 2.20. The molecule has 0 radical (unpaired) electrons. The summed E-state index contributed by atoms with van der Waals surface area (Å²) in [5.74, 6) is -0.398. The lowest BCUT2D eigenvalue weighted by atomic mass is 10.3. The molecule has 0 aliphatic heterocycles. The van der Waals surface area contributed by atoms with E-state index in [2.05, 4.69) is 5.32 Å². The number of halogens is 1. The second-order valence-corrected chi connectivity index (χ2v) is 3.24. The van der Waals surface area contributed by atoms with Crippen LogP contribution in [0.25, 0.3) is 0 Å². The summed E-state index contributed by atoms with van der Waals surface area (Å²) in [5, 5.41) is 2.76. The number of likely N-dealkylation sites (N-methyl/N-ethyl adjacent to an activating group) is 1. The molecule has 0 aliphatic rings. The lowest BCUT2D eigenvalue weighted by molar-refractivity contribution is -0.127.